The first-order chi connectivity index (χ1) is 15.2. The SMILES string of the molecule is CC(c1nc(Cc2ccccc2)no1)N1CCN(Cn2c(=O)oc3ccccc32)CC1. The normalized spacial score (nSPS) is 16.7. The van der Waals surface area contributed by atoms with E-state index in [0.29, 0.717) is 30.4 Å². The molecule has 2 aromatic heterocycles. The Morgan fingerprint density at radius 2 is 1.74 bits per heavy atom. The minimum Gasteiger partial charge on any atom is -0.408 e. The molecule has 31 heavy (non-hydrogen) atoms. The fraction of sp³-hybridized carbons (Fsp3) is 0.348. The van der Waals surface area contributed by atoms with Gasteiger partial charge < -0.3 is 8.94 Å². The maximum Gasteiger partial charge on any atom is 0.421 e. The van der Waals surface area contributed by atoms with Crippen molar-refractivity contribution in [3.8, 4) is 0 Å². The minimum absolute atomic E-state index is 0.0525. The van der Waals surface area contributed by atoms with Crippen LogP contribution in [0.5, 0.6) is 0 Å². The first-order valence-corrected chi connectivity index (χ1v) is 10.6. The second kappa shape index (κ2) is 8.49. The Morgan fingerprint density at radius 3 is 2.55 bits per heavy atom. The van der Waals surface area contributed by atoms with Crippen LogP contribution >= 0.6 is 0 Å². The lowest BCUT2D eigenvalue weighted by Gasteiger charge is -2.36. The van der Waals surface area contributed by atoms with E-state index < -0.39 is 0 Å². The maximum atomic E-state index is 12.2. The molecule has 8 nitrogen and oxygen atoms in total. The summed E-state index contributed by atoms with van der Waals surface area (Å²) in [5, 5.41) is 4.16. The van der Waals surface area contributed by atoms with E-state index >= 15 is 0 Å². The molecule has 1 atom stereocenters. The van der Waals surface area contributed by atoms with Crippen LogP contribution in [0.1, 0.15) is 30.2 Å². The van der Waals surface area contributed by atoms with E-state index in [1.807, 2.05) is 42.5 Å². The van der Waals surface area contributed by atoms with Gasteiger partial charge in [-0.1, -0.05) is 47.6 Å². The molecule has 1 unspecified atom stereocenters. The Balaban J connectivity index is 1.19. The van der Waals surface area contributed by atoms with Crippen molar-refractivity contribution in [3.05, 3.63) is 82.4 Å². The molecule has 2 aromatic carbocycles. The molecule has 0 aliphatic carbocycles. The molecule has 5 rings (SSSR count). The van der Waals surface area contributed by atoms with Crippen molar-refractivity contribution in [1.82, 2.24) is 24.5 Å². The van der Waals surface area contributed by atoms with E-state index in [9.17, 15) is 4.79 Å². The first-order valence-electron chi connectivity index (χ1n) is 10.6. The molecule has 8 heteroatoms. The van der Waals surface area contributed by atoms with Crippen molar-refractivity contribution >= 4 is 11.1 Å². The quantitative estimate of drug-likeness (QED) is 0.475. The van der Waals surface area contributed by atoms with Crippen LogP contribution in [-0.2, 0) is 13.1 Å². The number of hydrogen-bond acceptors (Lipinski definition) is 7. The lowest BCUT2D eigenvalue weighted by molar-refractivity contribution is 0.0710. The van der Waals surface area contributed by atoms with Crippen LogP contribution in [0.4, 0.5) is 0 Å². The number of piperazine rings is 1. The highest BCUT2D eigenvalue weighted by atomic mass is 16.5. The lowest BCUT2D eigenvalue weighted by Crippen LogP contribution is -2.48. The third-order valence-electron chi connectivity index (χ3n) is 5.92. The van der Waals surface area contributed by atoms with Crippen molar-refractivity contribution in [2.75, 3.05) is 26.2 Å². The van der Waals surface area contributed by atoms with Gasteiger partial charge in [0.25, 0.3) is 0 Å². The maximum absolute atomic E-state index is 12.2. The first kappa shape index (κ1) is 19.7. The molecule has 4 aromatic rings. The fourth-order valence-corrected chi connectivity index (χ4v) is 4.08. The van der Waals surface area contributed by atoms with Crippen molar-refractivity contribution in [1.29, 1.82) is 0 Å². The molecule has 0 spiro atoms. The van der Waals surface area contributed by atoms with Crippen molar-refractivity contribution in [3.63, 3.8) is 0 Å². The summed E-state index contributed by atoms with van der Waals surface area (Å²) in [6.45, 7) is 6.05. The zero-order chi connectivity index (χ0) is 21.2. The third kappa shape index (κ3) is 4.17. The highest BCUT2D eigenvalue weighted by molar-refractivity contribution is 5.72. The Hall–Kier alpha value is -3.23. The number of nitrogens with zero attached hydrogens (tertiary/aromatic N) is 5. The Labute approximate surface area is 179 Å². The molecule has 3 heterocycles. The van der Waals surface area contributed by atoms with Gasteiger partial charge in [0.2, 0.25) is 5.89 Å². The molecule has 0 N–H and O–H groups in total. The van der Waals surface area contributed by atoms with Crippen LogP contribution in [0.25, 0.3) is 11.1 Å². The van der Waals surface area contributed by atoms with Gasteiger partial charge in [0.1, 0.15) is 0 Å². The number of hydrogen-bond donors (Lipinski definition) is 0. The second-order valence-electron chi connectivity index (χ2n) is 7.95. The highest BCUT2D eigenvalue weighted by Gasteiger charge is 2.26. The van der Waals surface area contributed by atoms with Gasteiger partial charge in [-0.15, -0.1) is 0 Å². The largest absolute Gasteiger partial charge is 0.421 e. The molecule has 0 bridgehead atoms. The summed E-state index contributed by atoms with van der Waals surface area (Å²) in [4.78, 5) is 21.5. The predicted molar refractivity (Wildman–Crippen MR) is 116 cm³/mol. The summed E-state index contributed by atoms with van der Waals surface area (Å²) in [7, 11) is 0. The lowest BCUT2D eigenvalue weighted by atomic mass is 10.1. The van der Waals surface area contributed by atoms with Crippen LogP contribution in [0.3, 0.4) is 0 Å². The Kier molecular flexibility index (Phi) is 5.40. The smallest absolute Gasteiger partial charge is 0.408 e. The number of fused-ring (bicyclic) bond motifs is 1. The van der Waals surface area contributed by atoms with Gasteiger partial charge in [-0.3, -0.25) is 14.4 Å². The molecule has 1 fully saturated rings. The molecule has 1 aliphatic rings. The molecule has 0 radical (unpaired) electrons. The second-order valence-corrected chi connectivity index (χ2v) is 7.95. The molecule has 1 aliphatic heterocycles. The zero-order valence-electron chi connectivity index (χ0n) is 17.5. The number of para-hydroxylation sites is 2. The number of benzene rings is 2. The van der Waals surface area contributed by atoms with Crippen molar-refractivity contribution in [2.45, 2.75) is 26.1 Å². The topological polar surface area (TPSA) is 80.5 Å². The number of rotatable bonds is 6. The van der Waals surface area contributed by atoms with Gasteiger partial charge in [-0.2, -0.15) is 4.98 Å². The van der Waals surface area contributed by atoms with Crippen LogP contribution in [0, 0.1) is 0 Å². The molecule has 0 amide bonds. The standard InChI is InChI=1S/C23H25N5O3/c1-17(22-24-21(25-31-22)15-18-7-3-2-4-8-18)27-13-11-26(12-14-27)16-28-19-9-5-6-10-20(19)30-23(28)29/h2-10,17H,11-16H2,1H3. The van der Waals surface area contributed by atoms with Crippen LogP contribution in [0.2, 0.25) is 0 Å². The van der Waals surface area contributed by atoms with Crippen molar-refractivity contribution in [2.24, 2.45) is 0 Å². The van der Waals surface area contributed by atoms with Crippen LogP contribution in [0.15, 0.2) is 68.3 Å². The number of oxazole rings is 1. The van der Waals surface area contributed by atoms with E-state index in [0.717, 1.165) is 37.3 Å². The van der Waals surface area contributed by atoms with Gasteiger partial charge in [-0.25, -0.2) is 4.79 Å². The van der Waals surface area contributed by atoms with Crippen molar-refractivity contribution < 1.29 is 8.94 Å². The third-order valence-corrected chi connectivity index (χ3v) is 5.92. The molecule has 160 valence electrons. The van der Waals surface area contributed by atoms with Gasteiger partial charge in [0, 0.05) is 32.6 Å². The summed E-state index contributed by atoms with van der Waals surface area (Å²) < 4.78 is 12.6. The van der Waals surface area contributed by atoms with Gasteiger partial charge in [0.15, 0.2) is 11.4 Å². The van der Waals surface area contributed by atoms with Gasteiger partial charge in [-0.05, 0) is 24.6 Å². The summed E-state index contributed by atoms with van der Waals surface area (Å²) in [5.74, 6) is 1.04. The van der Waals surface area contributed by atoms with Crippen LogP contribution < -0.4 is 5.76 Å². The molecular formula is C23H25N5O3. The molecule has 1 saturated heterocycles. The Morgan fingerprint density at radius 1 is 1.00 bits per heavy atom. The van der Waals surface area contributed by atoms with Gasteiger partial charge >= 0.3 is 5.76 Å². The number of aromatic nitrogens is 3. The van der Waals surface area contributed by atoms with E-state index in [2.05, 4.69) is 39.0 Å². The highest BCUT2D eigenvalue weighted by Crippen LogP contribution is 2.21. The monoisotopic (exact) mass is 419 g/mol. The summed E-state index contributed by atoms with van der Waals surface area (Å²) in [6, 6.07) is 17.7. The van der Waals surface area contributed by atoms with E-state index in [1.165, 1.54) is 0 Å². The van der Waals surface area contributed by atoms with E-state index in [4.69, 9.17) is 8.94 Å². The summed E-state index contributed by atoms with van der Waals surface area (Å²) >= 11 is 0. The van der Waals surface area contributed by atoms with E-state index in [1.54, 1.807) is 4.57 Å². The average Bonchev–Trinajstić information content (AvgIpc) is 3.39. The summed E-state index contributed by atoms with van der Waals surface area (Å²) in [6.07, 6.45) is 0.665. The molecular weight excluding hydrogens is 394 g/mol. The Bertz CT molecular complexity index is 1200. The average molecular weight is 419 g/mol. The predicted octanol–water partition coefficient (Wildman–Crippen LogP) is 2.90. The fourth-order valence-electron chi connectivity index (χ4n) is 4.08. The minimum atomic E-state index is -0.311. The zero-order valence-corrected chi connectivity index (χ0v) is 17.5. The summed E-state index contributed by atoms with van der Waals surface area (Å²) in [5.41, 5.74) is 2.63. The van der Waals surface area contributed by atoms with E-state index in [-0.39, 0.29) is 11.8 Å². The van der Waals surface area contributed by atoms with Gasteiger partial charge in [0.05, 0.1) is 18.2 Å². The van der Waals surface area contributed by atoms with Crippen LogP contribution in [-0.4, -0.2) is 50.7 Å². The molecule has 0 saturated carbocycles.